The second-order valence-electron chi connectivity index (χ2n) is 6.53. The van der Waals surface area contributed by atoms with E-state index >= 15 is 0 Å². The normalized spacial score (nSPS) is 17.8. The predicted molar refractivity (Wildman–Crippen MR) is 113 cm³/mol. The number of aryl methyl sites for hydroxylation is 1. The second kappa shape index (κ2) is 9.67. The van der Waals surface area contributed by atoms with Crippen LogP contribution in [0.25, 0.3) is 0 Å². The second-order valence-corrected chi connectivity index (χ2v) is 7.70. The van der Waals surface area contributed by atoms with Crippen LogP contribution >= 0.6 is 11.8 Å². The highest BCUT2D eigenvalue weighted by Gasteiger charge is 2.39. The summed E-state index contributed by atoms with van der Waals surface area (Å²) in [6.45, 7) is 2.69. The Bertz CT molecular complexity index is 918. The third-order valence-electron chi connectivity index (χ3n) is 4.37. The molecule has 8 heteroatoms. The molecule has 0 aromatic heterocycles. The van der Waals surface area contributed by atoms with Crippen LogP contribution in [0.5, 0.6) is 0 Å². The molecular formula is C21H22FN3O3S. The van der Waals surface area contributed by atoms with Gasteiger partial charge >= 0.3 is 0 Å². The highest BCUT2D eigenvalue weighted by Crippen LogP contribution is 2.32. The number of ether oxygens (including phenoxy) is 1. The van der Waals surface area contributed by atoms with Crippen molar-refractivity contribution in [3.63, 3.8) is 0 Å². The lowest BCUT2D eigenvalue weighted by Gasteiger charge is -2.16. The maximum absolute atomic E-state index is 13.0. The zero-order chi connectivity index (χ0) is 20.8. The van der Waals surface area contributed by atoms with E-state index in [9.17, 15) is 14.0 Å². The topological polar surface area (TPSA) is 71.0 Å². The van der Waals surface area contributed by atoms with Gasteiger partial charge in [-0.05, 0) is 42.8 Å². The van der Waals surface area contributed by atoms with Crippen LogP contribution in [-0.4, -0.2) is 47.4 Å². The van der Waals surface area contributed by atoms with Crippen molar-refractivity contribution in [3.8, 4) is 0 Å². The minimum atomic E-state index is -0.574. The molecule has 0 bridgehead atoms. The fraction of sp³-hybridized carbons (Fsp3) is 0.286. The number of hydrogen-bond donors (Lipinski definition) is 1. The summed E-state index contributed by atoms with van der Waals surface area (Å²) in [6, 6.07) is 13.2. The van der Waals surface area contributed by atoms with Gasteiger partial charge in [0, 0.05) is 19.2 Å². The van der Waals surface area contributed by atoms with E-state index in [2.05, 4.69) is 10.3 Å². The van der Waals surface area contributed by atoms with Gasteiger partial charge in [0.05, 0.1) is 18.8 Å². The maximum atomic E-state index is 13.0. The summed E-state index contributed by atoms with van der Waals surface area (Å²) >= 11 is 1.27. The Morgan fingerprint density at radius 1 is 1.24 bits per heavy atom. The van der Waals surface area contributed by atoms with E-state index in [1.165, 1.54) is 36.0 Å². The van der Waals surface area contributed by atoms with Gasteiger partial charge in [-0.3, -0.25) is 14.5 Å². The molecule has 1 fully saturated rings. The number of rotatable bonds is 7. The van der Waals surface area contributed by atoms with Crippen molar-refractivity contribution in [2.75, 3.05) is 25.6 Å². The van der Waals surface area contributed by atoms with Gasteiger partial charge in [-0.1, -0.05) is 30.0 Å². The molecule has 3 rings (SSSR count). The Balaban J connectivity index is 1.74. The average Bonchev–Trinajstić information content (AvgIpc) is 2.98. The molecule has 2 aromatic rings. The Labute approximate surface area is 173 Å². The molecule has 1 aliphatic heterocycles. The first-order chi connectivity index (χ1) is 14.0. The van der Waals surface area contributed by atoms with Gasteiger partial charge in [0.1, 0.15) is 11.1 Å². The summed E-state index contributed by atoms with van der Waals surface area (Å²) in [5.74, 6) is -0.865. The molecule has 1 atom stereocenters. The van der Waals surface area contributed by atoms with E-state index in [1.54, 1.807) is 12.0 Å². The number of amides is 2. The fourth-order valence-electron chi connectivity index (χ4n) is 2.82. The van der Waals surface area contributed by atoms with Gasteiger partial charge in [0.15, 0.2) is 5.17 Å². The van der Waals surface area contributed by atoms with Crippen molar-refractivity contribution < 1.29 is 18.7 Å². The predicted octanol–water partition coefficient (Wildman–Crippen LogP) is 3.74. The largest absolute Gasteiger partial charge is 0.383 e. The molecule has 29 heavy (non-hydrogen) atoms. The number of carbonyl (C=O) groups excluding carboxylic acids is 2. The summed E-state index contributed by atoms with van der Waals surface area (Å²) in [7, 11) is 1.57. The van der Waals surface area contributed by atoms with Gasteiger partial charge < -0.3 is 10.1 Å². The zero-order valence-corrected chi connectivity index (χ0v) is 17.0. The lowest BCUT2D eigenvalue weighted by Crippen LogP contribution is -2.35. The number of nitrogens with one attached hydrogen (secondary N) is 1. The number of amidine groups is 1. The van der Waals surface area contributed by atoms with E-state index in [4.69, 9.17) is 4.74 Å². The highest BCUT2D eigenvalue weighted by molar-refractivity contribution is 8.15. The molecular weight excluding hydrogens is 393 g/mol. The van der Waals surface area contributed by atoms with Crippen molar-refractivity contribution in [1.29, 1.82) is 0 Å². The summed E-state index contributed by atoms with van der Waals surface area (Å²) < 4.78 is 18.1. The number of para-hydroxylation sites is 1. The molecule has 1 saturated heterocycles. The van der Waals surface area contributed by atoms with E-state index in [-0.39, 0.29) is 24.1 Å². The molecule has 0 radical (unpaired) electrons. The van der Waals surface area contributed by atoms with Crippen molar-refractivity contribution in [1.82, 2.24) is 4.90 Å². The van der Waals surface area contributed by atoms with E-state index in [0.717, 1.165) is 11.3 Å². The van der Waals surface area contributed by atoms with Gasteiger partial charge in [0.25, 0.3) is 0 Å². The number of hydrogen-bond acceptors (Lipinski definition) is 5. The quantitative estimate of drug-likeness (QED) is 0.748. The van der Waals surface area contributed by atoms with Crippen LogP contribution in [0.2, 0.25) is 0 Å². The molecule has 2 amide bonds. The molecule has 0 saturated carbocycles. The van der Waals surface area contributed by atoms with Crippen molar-refractivity contribution in [2.45, 2.75) is 18.6 Å². The number of carbonyl (C=O) groups is 2. The van der Waals surface area contributed by atoms with Crippen LogP contribution in [0.15, 0.2) is 53.5 Å². The number of nitrogens with zero attached hydrogens (tertiary/aromatic N) is 2. The minimum Gasteiger partial charge on any atom is -0.383 e. The molecule has 1 N–H and O–H groups in total. The van der Waals surface area contributed by atoms with Gasteiger partial charge in [-0.15, -0.1) is 0 Å². The van der Waals surface area contributed by atoms with Crippen LogP contribution in [0.3, 0.4) is 0 Å². The highest BCUT2D eigenvalue weighted by atomic mass is 32.2. The maximum Gasteiger partial charge on any atom is 0.242 e. The molecule has 0 spiro atoms. The third kappa shape index (κ3) is 5.42. The monoisotopic (exact) mass is 415 g/mol. The first-order valence-corrected chi connectivity index (χ1v) is 10.0. The van der Waals surface area contributed by atoms with Crippen LogP contribution in [0.4, 0.5) is 15.8 Å². The lowest BCUT2D eigenvalue weighted by molar-refractivity contribution is -0.128. The molecule has 0 aliphatic carbocycles. The Morgan fingerprint density at radius 2 is 1.97 bits per heavy atom. The molecule has 1 unspecified atom stereocenters. The van der Waals surface area contributed by atoms with Crippen LogP contribution in [0.1, 0.15) is 12.0 Å². The minimum absolute atomic E-state index is 0.00283. The van der Waals surface area contributed by atoms with E-state index < -0.39 is 5.25 Å². The number of halogens is 1. The third-order valence-corrected chi connectivity index (χ3v) is 5.54. The summed E-state index contributed by atoms with van der Waals surface area (Å²) in [5, 5.41) is 2.68. The van der Waals surface area contributed by atoms with Crippen LogP contribution < -0.4 is 5.32 Å². The molecule has 1 aliphatic rings. The van der Waals surface area contributed by atoms with Crippen LogP contribution in [0, 0.1) is 12.7 Å². The van der Waals surface area contributed by atoms with Gasteiger partial charge in [-0.2, -0.15) is 0 Å². The van der Waals surface area contributed by atoms with Crippen LogP contribution in [-0.2, 0) is 14.3 Å². The number of aliphatic imine (C=N–C) groups is 1. The summed E-state index contributed by atoms with van der Waals surface area (Å²) in [6.07, 6.45) is -0.00283. The number of methoxy groups -OCH3 is 1. The van der Waals surface area contributed by atoms with Crippen molar-refractivity contribution in [2.24, 2.45) is 4.99 Å². The first kappa shape index (κ1) is 21.0. The standard InChI is InChI=1S/C21H22FN3O3S/c1-14-5-3-4-6-17(14)24-21-25(11-12-28-2)20(27)18(29-21)13-19(26)23-16-9-7-15(22)8-10-16/h3-10,18H,11-13H2,1-2H3,(H,23,26). The van der Waals surface area contributed by atoms with Crippen molar-refractivity contribution >= 4 is 40.1 Å². The van der Waals surface area contributed by atoms with E-state index in [0.29, 0.717) is 24.0 Å². The van der Waals surface area contributed by atoms with E-state index in [1.807, 2.05) is 31.2 Å². The Hall–Kier alpha value is -2.71. The summed E-state index contributed by atoms with van der Waals surface area (Å²) in [4.78, 5) is 31.5. The number of benzene rings is 2. The Morgan fingerprint density at radius 3 is 2.66 bits per heavy atom. The number of anilines is 1. The first-order valence-electron chi connectivity index (χ1n) is 9.14. The molecule has 1 heterocycles. The SMILES string of the molecule is COCCN1C(=O)C(CC(=O)Nc2ccc(F)cc2)SC1=Nc1ccccc1C. The molecule has 2 aromatic carbocycles. The van der Waals surface area contributed by atoms with Gasteiger partial charge in [-0.25, -0.2) is 9.38 Å². The number of thioether (sulfide) groups is 1. The van der Waals surface area contributed by atoms with Crippen molar-refractivity contribution in [3.05, 3.63) is 59.9 Å². The summed E-state index contributed by atoms with van der Waals surface area (Å²) in [5.41, 5.74) is 2.26. The average molecular weight is 415 g/mol. The lowest BCUT2D eigenvalue weighted by atomic mass is 10.2. The fourth-order valence-corrected chi connectivity index (χ4v) is 4.00. The Kier molecular flexibility index (Phi) is 7.00. The zero-order valence-electron chi connectivity index (χ0n) is 16.2. The molecule has 6 nitrogen and oxygen atoms in total. The molecule has 152 valence electrons. The smallest absolute Gasteiger partial charge is 0.242 e. The van der Waals surface area contributed by atoms with Gasteiger partial charge in [0.2, 0.25) is 11.8 Å².